The first kappa shape index (κ1) is 17.4. The molecule has 1 aromatic carbocycles. The Morgan fingerprint density at radius 1 is 1.27 bits per heavy atom. The van der Waals surface area contributed by atoms with Crippen LogP contribution >= 0.6 is 11.6 Å². The maximum absolute atomic E-state index is 14.4. The highest BCUT2D eigenvalue weighted by Crippen LogP contribution is 2.33. The molecule has 2 rings (SSSR count). The molecule has 22 heavy (non-hydrogen) atoms. The number of allylic oxidation sites excluding steroid dienone is 1. The van der Waals surface area contributed by atoms with E-state index in [-0.39, 0.29) is 16.6 Å². The highest BCUT2D eigenvalue weighted by molar-refractivity contribution is 6.30. The molecule has 1 aliphatic rings. The van der Waals surface area contributed by atoms with Crippen molar-refractivity contribution in [1.82, 2.24) is 10.2 Å². The van der Waals surface area contributed by atoms with Crippen molar-refractivity contribution >= 4 is 11.6 Å². The quantitative estimate of drug-likeness (QED) is 0.456. The van der Waals surface area contributed by atoms with Gasteiger partial charge in [-0.15, -0.1) is 6.58 Å². The topological polar surface area (TPSA) is 15.3 Å². The Balaban J connectivity index is 2.22. The Hall–Kier alpha value is -0.970. The molecule has 1 aromatic rings. The van der Waals surface area contributed by atoms with Crippen LogP contribution in [0.4, 0.5) is 8.78 Å². The van der Waals surface area contributed by atoms with Crippen LogP contribution in [0.25, 0.3) is 0 Å². The second-order valence-corrected chi connectivity index (χ2v) is 6.04. The maximum atomic E-state index is 14.4. The standard InChI is InChI=1S/C17H23ClF2N2/c1-2-3-4-5-6-15(22-11-9-21-10-12-22)16-14(19)8-7-13(18)17(16)20/h2,7-8,15,21H,1,3-6,9-12H2/t15-/m1/s1. The van der Waals surface area contributed by atoms with Crippen molar-refractivity contribution in [1.29, 1.82) is 0 Å². The number of halogens is 3. The van der Waals surface area contributed by atoms with Crippen molar-refractivity contribution in [3.05, 3.63) is 47.0 Å². The van der Waals surface area contributed by atoms with Crippen molar-refractivity contribution in [3.63, 3.8) is 0 Å². The van der Waals surface area contributed by atoms with E-state index in [2.05, 4.69) is 16.8 Å². The number of nitrogens with one attached hydrogen (secondary N) is 1. The zero-order chi connectivity index (χ0) is 15.9. The molecule has 0 spiro atoms. The molecule has 0 bridgehead atoms. The molecule has 122 valence electrons. The highest BCUT2D eigenvalue weighted by Gasteiger charge is 2.28. The van der Waals surface area contributed by atoms with Gasteiger partial charge in [0, 0.05) is 37.8 Å². The molecule has 1 aliphatic heterocycles. The fourth-order valence-electron chi connectivity index (χ4n) is 2.98. The number of unbranched alkanes of at least 4 members (excludes halogenated alkanes) is 2. The lowest BCUT2D eigenvalue weighted by Gasteiger charge is -2.35. The van der Waals surface area contributed by atoms with Crippen LogP contribution in [0.1, 0.15) is 37.3 Å². The van der Waals surface area contributed by atoms with Gasteiger partial charge in [-0.3, -0.25) is 4.90 Å². The van der Waals surface area contributed by atoms with Gasteiger partial charge in [-0.05, 0) is 31.4 Å². The molecule has 5 heteroatoms. The van der Waals surface area contributed by atoms with E-state index in [4.69, 9.17) is 11.6 Å². The Labute approximate surface area is 136 Å². The number of rotatable bonds is 7. The van der Waals surface area contributed by atoms with Crippen molar-refractivity contribution in [2.24, 2.45) is 0 Å². The Morgan fingerprint density at radius 3 is 2.68 bits per heavy atom. The average Bonchev–Trinajstić information content (AvgIpc) is 2.54. The highest BCUT2D eigenvalue weighted by atomic mass is 35.5. The maximum Gasteiger partial charge on any atom is 0.149 e. The zero-order valence-corrected chi connectivity index (χ0v) is 13.5. The zero-order valence-electron chi connectivity index (χ0n) is 12.8. The predicted molar refractivity (Wildman–Crippen MR) is 87.2 cm³/mol. The lowest BCUT2D eigenvalue weighted by atomic mass is 9.97. The molecule has 1 fully saturated rings. The lowest BCUT2D eigenvalue weighted by Crippen LogP contribution is -2.45. The van der Waals surface area contributed by atoms with Crippen LogP contribution in [-0.2, 0) is 0 Å². The van der Waals surface area contributed by atoms with E-state index in [1.165, 1.54) is 12.1 Å². The number of nitrogens with zero attached hydrogens (tertiary/aromatic N) is 1. The molecule has 0 unspecified atom stereocenters. The third kappa shape index (κ3) is 4.28. The van der Waals surface area contributed by atoms with Gasteiger partial charge in [-0.2, -0.15) is 0 Å². The summed E-state index contributed by atoms with van der Waals surface area (Å²) in [5.41, 5.74) is 0.119. The number of piperazine rings is 1. The summed E-state index contributed by atoms with van der Waals surface area (Å²) in [6, 6.07) is 2.28. The molecular weight excluding hydrogens is 306 g/mol. The minimum Gasteiger partial charge on any atom is -0.314 e. The second-order valence-electron chi connectivity index (χ2n) is 5.63. The summed E-state index contributed by atoms with van der Waals surface area (Å²) in [5.74, 6) is -1.12. The Morgan fingerprint density at radius 2 is 2.00 bits per heavy atom. The van der Waals surface area contributed by atoms with Crippen molar-refractivity contribution < 1.29 is 8.78 Å². The summed E-state index contributed by atoms with van der Waals surface area (Å²) in [7, 11) is 0. The van der Waals surface area contributed by atoms with Gasteiger partial charge in [0.15, 0.2) is 0 Å². The SMILES string of the molecule is C=CCCCC[C@H](c1c(F)ccc(Cl)c1F)N1CCNCC1. The molecule has 0 amide bonds. The number of benzene rings is 1. The molecule has 1 saturated heterocycles. The van der Waals surface area contributed by atoms with Crippen LogP contribution in [0.2, 0.25) is 5.02 Å². The molecular formula is C17H23ClF2N2. The first-order chi connectivity index (χ1) is 10.6. The van der Waals surface area contributed by atoms with Gasteiger partial charge in [0.2, 0.25) is 0 Å². The molecule has 2 nitrogen and oxygen atoms in total. The Bertz CT molecular complexity index is 502. The molecule has 0 aromatic heterocycles. The number of hydrogen-bond acceptors (Lipinski definition) is 2. The molecule has 1 heterocycles. The fourth-order valence-corrected chi connectivity index (χ4v) is 3.14. The third-order valence-electron chi connectivity index (χ3n) is 4.14. The minimum absolute atomic E-state index is 0.0115. The van der Waals surface area contributed by atoms with Gasteiger partial charge in [0.1, 0.15) is 11.6 Å². The number of hydrogen-bond donors (Lipinski definition) is 1. The van der Waals surface area contributed by atoms with E-state index in [1.54, 1.807) is 0 Å². The largest absolute Gasteiger partial charge is 0.314 e. The summed E-state index contributed by atoms with van der Waals surface area (Å²) in [4.78, 5) is 2.15. The molecule has 1 atom stereocenters. The molecule has 1 N–H and O–H groups in total. The predicted octanol–water partition coefficient (Wildman–Crippen LogP) is 4.31. The first-order valence-electron chi connectivity index (χ1n) is 7.84. The second kappa shape index (κ2) is 8.61. The van der Waals surface area contributed by atoms with E-state index >= 15 is 0 Å². The summed E-state index contributed by atoms with van der Waals surface area (Å²) in [5, 5.41) is 3.26. The molecule has 0 aliphatic carbocycles. The van der Waals surface area contributed by atoms with E-state index in [0.717, 1.165) is 51.9 Å². The Kier molecular flexibility index (Phi) is 6.80. The van der Waals surface area contributed by atoms with Crippen molar-refractivity contribution in [2.75, 3.05) is 26.2 Å². The monoisotopic (exact) mass is 328 g/mol. The normalized spacial score (nSPS) is 17.4. The van der Waals surface area contributed by atoms with Gasteiger partial charge in [0.25, 0.3) is 0 Å². The van der Waals surface area contributed by atoms with E-state index < -0.39 is 11.6 Å². The van der Waals surface area contributed by atoms with Gasteiger partial charge < -0.3 is 5.32 Å². The van der Waals surface area contributed by atoms with Gasteiger partial charge in [-0.1, -0.05) is 24.1 Å². The van der Waals surface area contributed by atoms with Gasteiger partial charge >= 0.3 is 0 Å². The first-order valence-corrected chi connectivity index (χ1v) is 8.22. The lowest BCUT2D eigenvalue weighted by molar-refractivity contribution is 0.156. The van der Waals surface area contributed by atoms with E-state index in [9.17, 15) is 8.78 Å². The van der Waals surface area contributed by atoms with Crippen LogP contribution in [0.15, 0.2) is 24.8 Å². The molecule has 0 saturated carbocycles. The van der Waals surface area contributed by atoms with Crippen LogP contribution in [-0.4, -0.2) is 31.1 Å². The van der Waals surface area contributed by atoms with Crippen molar-refractivity contribution in [2.45, 2.75) is 31.7 Å². The van der Waals surface area contributed by atoms with Gasteiger partial charge in [0.05, 0.1) is 5.02 Å². The fraction of sp³-hybridized carbons (Fsp3) is 0.529. The third-order valence-corrected chi connectivity index (χ3v) is 4.43. The van der Waals surface area contributed by atoms with Crippen LogP contribution < -0.4 is 5.32 Å². The van der Waals surface area contributed by atoms with Crippen molar-refractivity contribution in [3.8, 4) is 0 Å². The van der Waals surface area contributed by atoms with Crippen LogP contribution in [0.3, 0.4) is 0 Å². The van der Waals surface area contributed by atoms with E-state index in [0.29, 0.717) is 0 Å². The van der Waals surface area contributed by atoms with Gasteiger partial charge in [-0.25, -0.2) is 8.78 Å². The summed E-state index contributed by atoms with van der Waals surface area (Å²) >= 11 is 5.87. The summed E-state index contributed by atoms with van der Waals surface area (Å²) in [6.07, 6.45) is 5.42. The van der Waals surface area contributed by atoms with E-state index in [1.807, 2.05) is 6.08 Å². The van der Waals surface area contributed by atoms with Crippen LogP contribution in [0, 0.1) is 11.6 Å². The minimum atomic E-state index is -0.617. The smallest absolute Gasteiger partial charge is 0.149 e. The summed E-state index contributed by atoms with van der Waals surface area (Å²) < 4.78 is 28.7. The van der Waals surface area contributed by atoms with Crippen LogP contribution in [0.5, 0.6) is 0 Å². The average molecular weight is 329 g/mol. The molecule has 0 radical (unpaired) electrons. The summed E-state index contributed by atoms with van der Waals surface area (Å²) in [6.45, 7) is 6.97.